The lowest BCUT2D eigenvalue weighted by Gasteiger charge is -1.96. The number of carboxylic acids is 1. The van der Waals surface area contributed by atoms with Crippen LogP contribution in [-0.2, 0) is 4.79 Å². The molecule has 0 spiro atoms. The molecule has 0 amide bonds. The maximum Gasteiger partial charge on any atom is 0.303 e. The van der Waals surface area contributed by atoms with Crippen LogP contribution in [0.2, 0.25) is 0 Å². The van der Waals surface area contributed by atoms with Crippen molar-refractivity contribution in [2.75, 3.05) is 6.61 Å². The number of rotatable bonds is 6. The van der Waals surface area contributed by atoms with Crippen LogP contribution in [0.15, 0.2) is 24.3 Å². The fraction of sp³-hybridized carbons (Fsp3) is 0.583. The molecule has 0 aromatic carbocycles. The van der Waals surface area contributed by atoms with Crippen molar-refractivity contribution in [3.63, 3.8) is 0 Å². The summed E-state index contributed by atoms with van der Waals surface area (Å²) >= 11 is 0. The van der Waals surface area contributed by atoms with Crippen LogP contribution in [0.3, 0.4) is 0 Å². The maximum absolute atomic E-state index is 9.98. The normalized spacial score (nSPS) is 8.73. The largest absolute Gasteiger partial charge is 0.481 e. The highest BCUT2D eigenvalue weighted by Gasteiger charge is 1.96. The summed E-state index contributed by atoms with van der Waals surface area (Å²) in [6, 6.07) is 0. The summed E-state index contributed by atoms with van der Waals surface area (Å²) < 4.78 is 0. The average Bonchev–Trinajstić information content (AvgIpc) is 2.25. The predicted octanol–water partition coefficient (Wildman–Crippen LogP) is 2.76. The first-order valence-electron chi connectivity index (χ1n) is 5.13. The third-order valence-electron chi connectivity index (χ3n) is 1.92. The van der Waals surface area contributed by atoms with Crippen LogP contribution in [0.1, 0.15) is 39.5 Å². The zero-order valence-corrected chi connectivity index (χ0v) is 9.75. The molecule has 0 aliphatic rings. The lowest BCUT2D eigenvalue weighted by molar-refractivity contribution is -0.136. The number of aliphatic carboxylic acids is 1. The molecule has 3 nitrogen and oxygen atoms in total. The van der Waals surface area contributed by atoms with Gasteiger partial charge in [-0.25, -0.2) is 0 Å². The van der Waals surface area contributed by atoms with Gasteiger partial charge in [0.15, 0.2) is 0 Å². The molecule has 0 bridgehead atoms. The lowest BCUT2D eigenvalue weighted by Crippen LogP contribution is -1.94. The first-order valence-corrected chi connectivity index (χ1v) is 5.13. The molecule has 3 heteroatoms. The van der Waals surface area contributed by atoms with Crippen molar-refractivity contribution in [1.82, 2.24) is 0 Å². The minimum atomic E-state index is -0.746. The van der Waals surface area contributed by atoms with Gasteiger partial charge in [0.1, 0.15) is 0 Å². The molecule has 2 N–H and O–H groups in total. The van der Waals surface area contributed by atoms with Gasteiger partial charge in [0.05, 0.1) is 6.61 Å². The summed E-state index contributed by atoms with van der Waals surface area (Å²) in [5.41, 5.74) is 1.91. The molecular weight excluding hydrogens is 192 g/mol. The van der Waals surface area contributed by atoms with E-state index in [1.54, 1.807) is 0 Å². The number of allylic oxidation sites excluding steroid dienone is 1. The molecule has 0 heterocycles. The number of hydrogen-bond acceptors (Lipinski definition) is 2. The van der Waals surface area contributed by atoms with Gasteiger partial charge in [-0.15, -0.1) is 0 Å². The summed E-state index contributed by atoms with van der Waals surface area (Å²) in [5.74, 6) is -0.746. The SMILES string of the molecule is C=C(CC)CCC(=O)O.C=C(CC)CO. The van der Waals surface area contributed by atoms with E-state index in [1.807, 2.05) is 13.8 Å². The molecular formula is C12H22O3. The number of hydrogen-bond donors (Lipinski definition) is 2. The van der Waals surface area contributed by atoms with Crippen LogP contribution in [0.4, 0.5) is 0 Å². The third kappa shape index (κ3) is 15.6. The van der Waals surface area contributed by atoms with Gasteiger partial charge in [-0.3, -0.25) is 4.79 Å². The van der Waals surface area contributed by atoms with Gasteiger partial charge < -0.3 is 10.2 Å². The van der Waals surface area contributed by atoms with Crippen molar-refractivity contribution in [3.05, 3.63) is 24.3 Å². The Morgan fingerprint density at radius 2 is 1.53 bits per heavy atom. The highest BCUT2D eigenvalue weighted by atomic mass is 16.4. The zero-order chi connectivity index (χ0) is 12.3. The van der Waals surface area contributed by atoms with Crippen LogP contribution in [0.5, 0.6) is 0 Å². The van der Waals surface area contributed by atoms with Crippen molar-refractivity contribution in [2.45, 2.75) is 39.5 Å². The highest BCUT2D eigenvalue weighted by Crippen LogP contribution is 2.04. The lowest BCUT2D eigenvalue weighted by atomic mass is 10.1. The number of aliphatic hydroxyl groups is 1. The smallest absolute Gasteiger partial charge is 0.303 e. The topological polar surface area (TPSA) is 57.5 Å². The third-order valence-corrected chi connectivity index (χ3v) is 1.92. The first kappa shape index (κ1) is 16.3. The van der Waals surface area contributed by atoms with E-state index in [-0.39, 0.29) is 13.0 Å². The van der Waals surface area contributed by atoms with E-state index in [2.05, 4.69) is 13.2 Å². The van der Waals surface area contributed by atoms with Crippen molar-refractivity contribution < 1.29 is 15.0 Å². The molecule has 0 saturated heterocycles. The second-order valence-electron chi connectivity index (χ2n) is 3.26. The predicted molar refractivity (Wildman–Crippen MR) is 62.8 cm³/mol. The average molecular weight is 214 g/mol. The first-order chi connectivity index (χ1) is 6.97. The van der Waals surface area contributed by atoms with E-state index >= 15 is 0 Å². The summed E-state index contributed by atoms with van der Waals surface area (Å²) in [7, 11) is 0. The maximum atomic E-state index is 9.98. The van der Waals surface area contributed by atoms with Gasteiger partial charge in [0.2, 0.25) is 0 Å². The standard InChI is InChI=1S/C7H12O2.C5H10O/c1-3-6(2)4-5-7(8)9;1-3-5(2)4-6/h2-5H2,1H3,(H,8,9);6H,2-4H2,1H3. The molecule has 15 heavy (non-hydrogen) atoms. The Hall–Kier alpha value is -1.09. The van der Waals surface area contributed by atoms with Crippen molar-refractivity contribution >= 4 is 5.97 Å². The summed E-state index contributed by atoms with van der Waals surface area (Å²) in [5, 5.41) is 16.5. The van der Waals surface area contributed by atoms with Crippen molar-refractivity contribution in [1.29, 1.82) is 0 Å². The Morgan fingerprint density at radius 3 is 1.73 bits per heavy atom. The summed E-state index contributed by atoms with van der Waals surface area (Å²) in [6.45, 7) is 11.3. The molecule has 0 aliphatic heterocycles. The van der Waals surface area contributed by atoms with Gasteiger partial charge in [0, 0.05) is 6.42 Å². The summed E-state index contributed by atoms with van der Waals surface area (Å²) in [6.07, 6.45) is 2.60. The Bertz CT molecular complexity index is 201. The second-order valence-corrected chi connectivity index (χ2v) is 3.26. The molecule has 0 fully saturated rings. The van der Waals surface area contributed by atoms with Gasteiger partial charge in [-0.1, -0.05) is 38.2 Å². The van der Waals surface area contributed by atoms with Crippen molar-refractivity contribution in [3.8, 4) is 0 Å². The molecule has 88 valence electrons. The minimum Gasteiger partial charge on any atom is -0.481 e. The van der Waals surface area contributed by atoms with Crippen LogP contribution < -0.4 is 0 Å². The van der Waals surface area contributed by atoms with Crippen LogP contribution in [0.25, 0.3) is 0 Å². The van der Waals surface area contributed by atoms with Crippen LogP contribution in [0, 0.1) is 0 Å². The number of carboxylic acid groups (broad SMARTS) is 1. The molecule has 0 aliphatic carbocycles. The van der Waals surface area contributed by atoms with E-state index in [0.717, 1.165) is 24.0 Å². The Labute approximate surface area is 92.1 Å². The molecule has 0 atom stereocenters. The van der Waals surface area contributed by atoms with Gasteiger partial charge in [-0.05, 0) is 19.3 Å². The van der Waals surface area contributed by atoms with Crippen molar-refractivity contribution in [2.24, 2.45) is 0 Å². The van der Waals surface area contributed by atoms with Crippen LogP contribution in [-0.4, -0.2) is 22.8 Å². The molecule has 0 rings (SSSR count). The van der Waals surface area contributed by atoms with E-state index in [0.29, 0.717) is 6.42 Å². The number of carbonyl (C=O) groups is 1. The molecule has 0 aromatic rings. The fourth-order valence-corrected chi connectivity index (χ4v) is 0.572. The van der Waals surface area contributed by atoms with Gasteiger partial charge in [-0.2, -0.15) is 0 Å². The van der Waals surface area contributed by atoms with E-state index in [4.69, 9.17) is 10.2 Å². The molecule has 0 aromatic heterocycles. The van der Waals surface area contributed by atoms with E-state index < -0.39 is 5.97 Å². The highest BCUT2D eigenvalue weighted by molar-refractivity contribution is 5.66. The van der Waals surface area contributed by atoms with Gasteiger partial charge >= 0.3 is 5.97 Å². The minimum absolute atomic E-state index is 0.135. The van der Waals surface area contributed by atoms with E-state index in [9.17, 15) is 4.79 Å². The fourth-order valence-electron chi connectivity index (χ4n) is 0.572. The molecule has 0 saturated carbocycles. The van der Waals surface area contributed by atoms with Gasteiger partial charge in [0.25, 0.3) is 0 Å². The quantitative estimate of drug-likeness (QED) is 0.668. The Morgan fingerprint density at radius 1 is 1.07 bits per heavy atom. The van der Waals surface area contributed by atoms with Crippen LogP contribution >= 0.6 is 0 Å². The number of aliphatic hydroxyl groups excluding tert-OH is 1. The Kier molecular flexibility index (Phi) is 12.0. The zero-order valence-electron chi connectivity index (χ0n) is 9.75. The Balaban J connectivity index is 0. The second kappa shape index (κ2) is 11.0. The molecule has 0 unspecified atom stereocenters. The van der Waals surface area contributed by atoms with E-state index in [1.165, 1.54) is 0 Å². The molecule has 0 radical (unpaired) electrons. The summed E-state index contributed by atoms with van der Waals surface area (Å²) in [4.78, 5) is 9.98. The monoisotopic (exact) mass is 214 g/mol.